The largest absolute Gasteiger partial charge is 0.313 e. The maximum Gasteiger partial charge on any atom is 0.0538 e. The topological polar surface area (TPSA) is 4.93 Å². The number of nitrogens with zero attached hydrogens (tertiary/aromatic N) is 1. The molecule has 0 saturated heterocycles. The van der Waals surface area contributed by atoms with Crippen molar-refractivity contribution in [2.75, 3.05) is 0 Å². The number of rotatable bonds is 3. The highest BCUT2D eigenvalue weighted by molar-refractivity contribution is 9.10. The smallest absolute Gasteiger partial charge is 0.0538 e. The van der Waals surface area contributed by atoms with Crippen LogP contribution in [0.1, 0.15) is 42.7 Å². The third-order valence-corrected chi connectivity index (χ3v) is 9.61. The van der Waals surface area contributed by atoms with E-state index in [2.05, 4.69) is 156 Å². The summed E-state index contributed by atoms with van der Waals surface area (Å²) in [7, 11) is 0. The Balaban J connectivity index is 1.29. The van der Waals surface area contributed by atoms with Crippen LogP contribution >= 0.6 is 15.9 Å². The summed E-state index contributed by atoms with van der Waals surface area (Å²) in [5.74, 6) is 0. The summed E-state index contributed by atoms with van der Waals surface area (Å²) in [4.78, 5) is 0. The summed E-state index contributed by atoms with van der Waals surface area (Å²) in [6.45, 7) is 4.70. The summed E-state index contributed by atoms with van der Waals surface area (Å²) < 4.78 is 3.62. The Morgan fingerprint density at radius 1 is 0.659 bits per heavy atom. The van der Waals surface area contributed by atoms with Gasteiger partial charge in [-0.1, -0.05) is 109 Å². The molecule has 0 bridgehead atoms. The highest BCUT2D eigenvalue weighted by Gasteiger charge is 2.35. The molecule has 0 aliphatic heterocycles. The lowest BCUT2D eigenvalue weighted by Gasteiger charge is -2.21. The van der Waals surface area contributed by atoms with Gasteiger partial charge in [-0.3, -0.25) is 0 Å². The molecule has 2 aliphatic rings. The van der Waals surface area contributed by atoms with Crippen LogP contribution in [0.3, 0.4) is 0 Å². The summed E-state index contributed by atoms with van der Waals surface area (Å²) >= 11 is 3.63. The van der Waals surface area contributed by atoms with Crippen molar-refractivity contribution in [3.05, 3.63) is 142 Å². The molecule has 6 aromatic rings. The molecule has 1 heterocycles. The summed E-state index contributed by atoms with van der Waals surface area (Å²) in [6, 6.07) is 40.5. The van der Waals surface area contributed by atoms with Crippen molar-refractivity contribution in [2.45, 2.75) is 32.1 Å². The maximum atomic E-state index is 3.63. The molecule has 2 heteroatoms. The van der Waals surface area contributed by atoms with Gasteiger partial charge >= 0.3 is 0 Å². The van der Waals surface area contributed by atoms with Crippen LogP contribution in [0.5, 0.6) is 0 Å². The Morgan fingerprint density at radius 2 is 1.39 bits per heavy atom. The second kappa shape index (κ2) is 9.19. The van der Waals surface area contributed by atoms with Gasteiger partial charge in [-0.15, -0.1) is 0 Å². The standard InChI is InChI=1S/C39H30BrN/c1-39(2)35-15-5-3-13-31(35)33-24-30(18-19-36(33)39)41-37-16-6-4-14-32(37)34-23-28(17-20-38(34)41)26-10-7-9-25(21-26)27-11-8-12-29(40)22-27/h3-5,7-15,17-24H,6,16H2,1-2H3. The van der Waals surface area contributed by atoms with E-state index in [1.54, 1.807) is 0 Å². The SMILES string of the molecule is CC1(C)c2ccccc2-c2cc(-n3c4c(c5cc(-c6cccc(-c7cccc(Br)c7)c6)ccc53)C=CCC4)ccc21. The fourth-order valence-electron chi connectivity index (χ4n) is 7.09. The van der Waals surface area contributed by atoms with Crippen molar-refractivity contribution in [3.8, 4) is 39.1 Å². The third-order valence-electron chi connectivity index (χ3n) is 9.12. The minimum Gasteiger partial charge on any atom is -0.313 e. The maximum absolute atomic E-state index is 3.63. The van der Waals surface area contributed by atoms with Gasteiger partial charge in [0.15, 0.2) is 0 Å². The van der Waals surface area contributed by atoms with Crippen LogP contribution in [0, 0.1) is 0 Å². The van der Waals surface area contributed by atoms with E-state index in [1.807, 2.05) is 0 Å². The van der Waals surface area contributed by atoms with Crippen LogP contribution in [-0.2, 0) is 11.8 Å². The van der Waals surface area contributed by atoms with E-state index in [0.29, 0.717) is 0 Å². The first-order valence-electron chi connectivity index (χ1n) is 14.4. The molecule has 41 heavy (non-hydrogen) atoms. The van der Waals surface area contributed by atoms with Crippen LogP contribution < -0.4 is 0 Å². The van der Waals surface area contributed by atoms with Crippen molar-refractivity contribution in [2.24, 2.45) is 0 Å². The second-order valence-electron chi connectivity index (χ2n) is 11.9. The van der Waals surface area contributed by atoms with Crippen molar-refractivity contribution in [1.82, 2.24) is 4.57 Å². The molecule has 198 valence electrons. The molecule has 2 aliphatic carbocycles. The molecular formula is C39H30BrN. The van der Waals surface area contributed by atoms with Crippen molar-refractivity contribution < 1.29 is 0 Å². The van der Waals surface area contributed by atoms with Crippen LogP contribution in [0.2, 0.25) is 0 Å². The Kier molecular flexibility index (Phi) is 5.52. The zero-order valence-electron chi connectivity index (χ0n) is 23.3. The predicted octanol–water partition coefficient (Wildman–Crippen LogP) is 11.0. The fourth-order valence-corrected chi connectivity index (χ4v) is 7.49. The van der Waals surface area contributed by atoms with Crippen molar-refractivity contribution >= 4 is 32.9 Å². The van der Waals surface area contributed by atoms with E-state index in [0.717, 1.165) is 17.3 Å². The molecule has 5 aromatic carbocycles. The number of allylic oxidation sites excluding steroid dienone is 1. The molecule has 0 spiro atoms. The first-order chi connectivity index (χ1) is 20.0. The minimum atomic E-state index is 0.0185. The monoisotopic (exact) mass is 591 g/mol. The quantitative estimate of drug-likeness (QED) is 0.193. The molecule has 1 nitrogen and oxygen atoms in total. The average molecular weight is 593 g/mol. The second-order valence-corrected chi connectivity index (χ2v) is 12.8. The lowest BCUT2D eigenvalue weighted by atomic mass is 9.82. The van der Waals surface area contributed by atoms with E-state index >= 15 is 0 Å². The van der Waals surface area contributed by atoms with Gasteiger partial charge < -0.3 is 4.57 Å². The first kappa shape index (κ1) is 24.6. The number of hydrogen-bond donors (Lipinski definition) is 0. The van der Waals surface area contributed by atoms with Gasteiger partial charge in [0.2, 0.25) is 0 Å². The highest BCUT2D eigenvalue weighted by Crippen LogP contribution is 2.49. The Bertz CT molecular complexity index is 2040. The van der Waals surface area contributed by atoms with E-state index in [4.69, 9.17) is 0 Å². The number of halogens is 1. The van der Waals surface area contributed by atoms with Gasteiger partial charge in [-0.25, -0.2) is 0 Å². The fraction of sp³-hybridized carbons (Fsp3) is 0.128. The molecule has 0 radical (unpaired) electrons. The van der Waals surface area contributed by atoms with Gasteiger partial charge in [0.1, 0.15) is 0 Å². The molecule has 1 aromatic heterocycles. The van der Waals surface area contributed by atoms with Gasteiger partial charge in [-0.2, -0.15) is 0 Å². The summed E-state index contributed by atoms with van der Waals surface area (Å²) in [6.07, 6.45) is 6.79. The third kappa shape index (κ3) is 3.81. The van der Waals surface area contributed by atoms with Crippen LogP contribution in [-0.4, -0.2) is 4.57 Å². The lowest BCUT2D eigenvalue weighted by molar-refractivity contribution is 0.660. The molecule has 8 rings (SSSR count). The molecule has 0 N–H and O–H groups in total. The normalized spacial score (nSPS) is 14.6. The number of fused-ring (bicyclic) bond motifs is 6. The number of benzene rings is 5. The van der Waals surface area contributed by atoms with E-state index in [-0.39, 0.29) is 5.41 Å². The van der Waals surface area contributed by atoms with Crippen LogP contribution in [0.4, 0.5) is 0 Å². The van der Waals surface area contributed by atoms with Gasteiger partial charge in [-0.05, 0) is 99.8 Å². The predicted molar refractivity (Wildman–Crippen MR) is 177 cm³/mol. The van der Waals surface area contributed by atoms with E-state index < -0.39 is 0 Å². The molecule has 0 amide bonds. The summed E-state index contributed by atoms with van der Waals surface area (Å²) in [5, 5.41) is 1.32. The molecule has 0 unspecified atom stereocenters. The van der Waals surface area contributed by atoms with Gasteiger partial charge in [0.05, 0.1) is 5.52 Å². The average Bonchev–Trinajstić information content (AvgIpc) is 3.45. The van der Waals surface area contributed by atoms with Crippen LogP contribution in [0.25, 0.3) is 56.0 Å². The van der Waals surface area contributed by atoms with Gasteiger partial charge in [0, 0.05) is 32.2 Å². The molecular weight excluding hydrogens is 562 g/mol. The van der Waals surface area contributed by atoms with Gasteiger partial charge in [0.25, 0.3) is 0 Å². The molecule has 0 fully saturated rings. The molecule has 0 saturated carbocycles. The Labute approximate surface area is 249 Å². The lowest BCUT2D eigenvalue weighted by Crippen LogP contribution is -2.14. The highest BCUT2D eigenvalue weighted by atomic mass is 79.9. The first-order valence-corrected chi connectivity index (χ1v) is 15.2. The zero-order valence-corrected chi connectivity index (χ0v) is 24.9. The number of hydrogen-bond acceptors (Lipinski definition) is 0. The summed E-state index contributed by atoms with van der Waals surface area (Å²) in [5.41, 5.74) is 15.8. The Hall–Kier alpha value is -4.14. The van der Waals surface area contributed by atoms with Crippen molar-refractivity contribution in [3.63, 3.8) is 0 Å². The minimum absolute atomic E-state index is 0.0185. The molecule has 0 atom stereocenters. The van der Waals surface area contributed by atoms with Crippen LogP contribution in [0.15, 0.2) is 120 Å². The van der Waals surface area contributed by atoms with Crippen molar-refractivity contribution in [1.29, 1.82) is 0 Å². The zero-order chi connectivity index (χ0) is 27.7. The Morgan fingerprint density at radius 3 is 2.22 bits per heavy atom. The van der Waals surface area contributed by atoms with E-state index in [9.17, 15) is 0 Å². The van der Waals surface area contributed by atoms with E-state index in [1.165, 1.54) is 72.4 Å². The number of aromatic nitrogens is 1.